The third kappa shape index (κ3) is 5.75. The van der Waals surface area contributed by atoms with Crippen LogP contribution in [0.1, 0.15) is 16.2 Å². The van der Waals surface area contributed by atoms with E-state index in [9.17, 15) is 14.0 Å². The molecule has 0 aliphatic heterocycles. The minimum Gasteiger partial charge on any atom is -0.497 e. The highest BCUT2D eigenvalue weighted by atomic mass is 19.1. The van der Waals surface area contributed by atoms with Crippen LogP contribution < -0.4 is 20.1 Å². The molecule has 9 heteroatoms. The van der Waals surface area contributed by atoms with Gasteiger partial charge < -0.3 is 24.7 Å². The summed E-state index contributed by atoms with van der Waals surface area (Å²) in [4.78, 5) is 29.1. The van der Waals surface area contributed by atoms with Crippen LogP contribution in [0.3, 0.4) is 0 Å². The van der Waals surface area contributed by atoms with Crippen molar-refractivity contribution in [3.63, 3.8) is 0 Å². The largest absolute Gasteiger partial charge is 0.497 e. The number of aromatic nitrogens is 2. The van der Waals surface area contributed by atoms with Gasteiger partial charge in [-0.25, -0.2) is 9.37 Å². The third-order valence-electron chi connectivity index (χ3n) is 5.44. The second-order valence-electron chi connectivity index (χ2n) is 7.79. The third-order valence-corrected chi connectivity index (χ3v) is 5.44. The first-order chi connectivity index (χ1) is 16.9. The van der Waals surface area contributed by atoms with Gasteiger partial charge in [0.05, 0.1) is 23.7 Å². The Morgan fingerprint density at radius 3 is 2.51 bits per heavy atom. The molecule has 2 N–H and O–H groups in total. The molecule has 8 nitrogen and oxygen atoms in total. The zero-order valence-corrected chi connectivity index (χ0v) is 19.4. The van der Waals surface area contributed by atoms with E-state index in [2.05, 4.69) is 15.6 Å². The molecule has 0 aliphatic rings. The molecule has 3 aromatic carbocycles. The summed E-state index contributed by atoms with van der Waals surface area (Å²) in [5, 5.41) is 5.53. The van der Waals surface area contributed by atoms with Gasteiger partial charge in [-0.05, 0) is 54.6 Å². The van der Waals surface area contributed by atoms with E-state index in [-0.39, 0.29) is 18.1 Å². The van der Waals surface area contributed by atoms with Crippen molar-refractivity contribution in [2.75, 3.05) is 25.6 Å². The fourth-order valence-electron chi connectivity index (χ4n) is 3.60. The van der Waals surface area contributed by atoms with Gasteiger partial charge in [0.25, 0.3) is 11.8 Å². The molecule has 0 radical (unpaired) electrons. The molecule has 0 unspecified atom stereocenters. The van der Waals surface area contributed by atoms with Crippen molar-refractivity contribution in [1.82, 2.24) is 14.9 Å². The van der Waals surface area contributed by atoms with Crippen molar-refractivity contribution in [2.45, 2.75) is 6.42 Å². The second-order valence-corrected chi connectivity index (χ2v) is 7.79. The highest BCUT2D eigenvalue weighted by Gasteiger charge is 2.13. The molecule has 35 heavy (non-hydrogen) atoms. The van der Waals surface area contributed by atoms with Gasteiger partial charge in [0, 0.05) is 25.7 Å². The number of hydrogen-bond acceptors (Lipinski definition) is 5. The van der Waals surface area contributed by atoms with Crippen LogP contribution in [0.4, 0.5) is 10.1 Å². The second kappa shape index (κ2) is 10.7. The fraction of sp³-hybridized carbons (Fsp3) is 0.192. The first kappa shape index (κ1) is 23.7. The van der Waals surface area contributed by atoms with Gasteiger partial charge in [0.2, 0.25) is 0 Å². The van der Waals surface area contributed by atoms with Crippen molar-refractivity contribution in [2.24, 2.45) is 7.05 Å². The van der Waals surface area contributed by atoms with Crippen LogP contribution in [0.15, 0.2) is 66.7 Å². The quantitative estimate of drug-likeness (QED) is 0.384. The van der Waals surface area contributed by atoms with E-state index >= 15 is 0 Å². The van der Waals surface area contributed by atoms with Crippen molar-refractivity contribution >= 4 is 28.5 Å². The van der Waals surface area contributed by atoms with Crippen LogP contribution >= 0.6 is 0 Å². The number of benzene rings is 3. The lowest BCUT2D eigenvalue weighted by Gasteiger charge is -2.08. The highest BCUT2D eigenvalue weighted by molar-refractivity contribution is 5.95. The number of aryl methyl sites for hydroxylation is 1. The highest BCUT2D eigenvalue weighted by Crippen LogP contribution is 2.21. The van der Waals surface area contributed by atoms with Gasteiger partial charge in [-0.1, -0.05) is 12.1 Å². The van der Waals surface area contributed by atoms with Crippen molar-refractivity contribution in [1.29, 1.82) is 0 Å². The summed E-state index contributed by atoms with van der Waals surface area (Å²) in [7, 11) is 3.46. The van der Waals surface area contributed by atoms with Crippen molar-refractivity contribution in [3.8, 4) is 11.5 Å². The molecular weight excluding hydrogens is 451 g/mol. The van der Waals surface area contributed by atoms with E-state index in [1.54, 1.807) is 49.6 Å². The van der Waals surface area contributed by atoms with Crippen LogP contribution in [0.5, 0.6) is 11.5 Å². The van der Waals surface area contributed by atoms with Crippen LogP contribution in [0.25, 0.3) is 11.0 Å². The van der Waals surface area contributed by atoms with E-state index in [4.69, 9.17) is 9.47 Å². The van der Waals surface area contributed by atoms with E-state index in [1.807, 2.05) is 17.7 Å². The Balaban J connectivity index is 1.33. The molecule has 2 amide bonds. The number of carbonyl (C=O) groups excluding carboxylic acids is 2. The number of hydrogen-bond donors (Lipinski definition) is 2. The number of methoxy groups -OCH3 is 1. The number of carbonyl (C=O) groups is 2. The van der Waals surface area contributed by atoms with Gasteiger partial charge in [-0.3, -0.25) is 9.59 Å². The zero-order chi connectivity index (χ0) is 24.8. The van der Waals surface area contributed by atoms with E-state index in [0.29, 0.717) is 35.7 Å². The molecule has 0 fully saturated rings. The molecule has 0 spiro atoms. The van der Waals surface area contributed by atoms with E-state index in [1.165, 1.54) is 18.2 Å². The summed E-state index contributed by atoms with van der Waals surface area (Å²) in [6.07, 6.45) is 0.461. The summed E-state index contributed by atoms with van der Waals surface area (Å²) < 4.78 is 26.3. The monoisotopic (exact) mass is 476 g/mol. The molecule has 0 saturated carbocycles. The maximum Gasteiger partial charge on any atom is 0.262 e. The predicted octanol–water partition coefficient (Wildman–Crippen LogP) is 3.71. The molecule has 1 heterocycles. The smallest absolute Gasteiger partial charge is 0.262 e. The normalized spacial score (nSPS) is 10.7. The lowest BCUT2D eigenvalue weighted by atomic mass is 10.2. The van der Waals surface area contributed by atoms with E-state index in [0.717, 1.165) is 11.3 Å². The average Bonchev–Trinajstić information content (AvgIpc) is 3.17. The van der Waals surface area contributed by atoms with Crippen LogP contribution in [0, 0.1) is 5.82 Å². The van der Waals surface area contributed by atoms with Gasteiger partial charge >= 0.3 is 0 Å². The Morgan fingerprint density at radius 1 is 1.03 bits per heavy atom. The Kier molecular flexibility index (Phi) is 7.25. The number of anilines is 1. The van der Waals surface area contributed by atoms with Gasteiger partial charge in [0.1, 0.15) is 23.1 Å². The Bertz CT molecular complexity index is 1350. The van der Waals surface area contributed by atoms with E-state index < -0.39 is 11.7 Å². The fourth-order valence-corrected chi connectivity index (χ4v) is 3.60. The van der Waals surface area contributed by atoms with Crippen molar-refractivity contribution < 1.29 is 23.5 Å². The maximum absolute atomic E-state index is 13.8. The molecule has 4 aromatic rings. The molecule has 0 atom stereocenters. The molecule has 0 saturated heterocycles. The summed E-state index contributed by atoms with van der Waals surface area (Å²) in [5.41, 5.74) is 2.19. The summed E-state index contributed by atoms with van der Waals surface area (Å²) >= 11 is 0. The minimum atomic E-state index is -0.559. The number of ether oxygens (including phenoxy) is 2. The molecule has 0 aliphatic carbocycles. The molecular formula is C26H25FN4O4. The number of amides is 2. The first-order valence-corrected chi connectivity index (χ1v) is 11.0. The maximum atomic E-state index is 13.8. The number of rotatable bonds is 9. The summed E-state index contributed by atoms with van der Waals surface area (Å²) in [6, 6.07) is 18.3. The number of halogens is 1. The van der Waals surface area contributed by atoms with Gasteiger partial charge in [0.15, 0.2) is 6.61 Å². The number of nitrogens with zero attached hydrogens (tertiary/aromatic N) is 2. The molecule has 4 rings (SSSR count). The number of nitrogens with one attached hydrogen (secondary N) is 2. The average molecular weight is 477 g/mol. The standard InChI is InChI=1S/C26H25FN4O4/c1-31-23-12-7-17(29-25(32)16-35-19-10-8-18(34-2)9-11-19)15-22(23)30-24(31)13-14-28-26(33)20-5-3-4-6-21(20)27/h3-12,15H,13-14,16H2,1-2H3,(H,28,33)(H,29,32). The van der Waals surface area contributed by atoms with Crippen LogP contribution in [-0.2, 0) is 18.3 Å². The lowest BCUT2D eigenvalue weighted by molar-refractivity contribution is -0.118. The van der Waals surface area contributed by atoms with Crippen molar-refractivity contribution in [3.05, 3.63) is 83.9 Å². The Morgan fingerprint density at radius 2 is 1.77 bits per heavy atom. The van der Waals surface area contributed by atoms with Gasteiger partial charge in [-0.2, -0.15) is 0 Å². The van der Waals surface area contributed by atoms with Crippen LogP contribution in [-0.4, -0.2) is 41.6 Å². The van der Waals surface area contributed by atoms with Crippen LogP contribution in [0.2, 0.25) is 0 Å². The molecule has 180 valence electrons. The topological polar surface area (TPSA) is 94.5 Å². The lowest BCUT2D eigenvalue weighted by Crippen LogP contribution is -2.27. The molecule has 0 bridgehead atoms. The summed E-state index contributed by atoms with van der Waals surface area (Å²) in [6.45, 7) is 0.163. The number of imidazole rings is 1. The minimum absolute atomic E-state index is 0.00820. The first-order valence-electron chi connectivity index (χ1n) is 11.0. The SMILES string of the molecule is COc1ccc(OCC(=O)Nc2ccc3c(c2)nc(CCNC(=O)c2ccccc2F)n3C)cc1. The molecule has 1 aromatic heterocycles. The predicted molar refractivity (Wildman–Crippen MR) is 130 cm³/mol. The summed E-state index contributed by atoms with van der Waals surface area (Å²) in [5.74, 6) is 0.693. The zero-order valence-electron chi connectivity index (χ0n) is 19.4. The Labute approximate surface area is 201 Å². The number of fused-ring (bicyclic) bond motifs is 1. The van der Waals surface area contributed by atoms with Gasteiger partial charge in [-0.15, -0.1) is 0 Å². The Hall–Kier alpha value is -4.40.